The highest BCUT2D eigenvalue weighted by molar-refractivity contribution is 5.93. The van der Waals surface area contributed by atoms with Crippen LogP contribution < -0.4 is 4.74 Å². The summed E-state index contributed by atoms with van der Waals surface area (Å²) >= 11 is 0. The van der Waals surface area contributed by atoms with Crippen LogP contribution in [0.4, 0.5) is 0 Å². The van der Waals surface area contributed by atoms with Gasteiger partial charge in [0, 0.05) is 88.4 Å². The topological polar surface area (TPSA) is 109 Å². The fourth-order valence-corrected chi connectivity index (χ4v) is 12.9. The molecule has 7 aliphatic rings. The number of fused-ring (bicyclic) bond motifs is 7. The number of allylic oxidation sites excluding steroid dienone is 1. The normalized spacial score (nSPS) is 35.8. The summed E-state index contributed by atoms with van der Waals surface area (Å²) in [6.45, 7) is 7.90. The molecule has 4 aromatic rings. The van der Waals surface area contributed by atoms with Crippen molar-refractivity contribution in [3.63, 3.8) is 0 Å². The fraction of sp³-hybridized carbons (Fsp3) is 0.545. The van der Waals surface area contributed by atoms with Gasteiger partial charge in [0.25, 0.3) is 0 Å². The number of ether oxygens (including phenoxy) is 4. The number of aromatic amines is 2. The number of aromatic nitrogens is 2. The van der Waals surface area contributed by atoms with E-state index in [1.54, 1.807) is 14.2 Å². The van der Waals surface area contributed by atoms with Crippen LogP contribution in [0.1, 0.15) is 73.5 Å². The number of piperidine rings is 3. The van der Waals surface area contributed by atoms with Crippen LogP contribution in [0.2, 0.25) is 0 Å². The van der Waals surface area contributed by atoms with E-state index in [0.717, 1.165) is 72.3 Å². The monoisotopic (exact) mass is 732 g/mol. The third kappa shape index (κ3) is 4.44. The van der Waals surface area contributed by atoms with Gasteiger partial charge in [0.15, 0.2) is 0 Å². The van der Waals surface area contributed by atoms with Gasteiger partial charge in [-0.2, -0.15) is 0 Å². The summed E-state index contributed by atoms with van der Waals surface area (Å²) in [6.07, 6.45) is 7.47. The molecule has 8 bridgehead atoms. The lowest BCUT2D eigenvalue weighted by molar-refractivity contribution is -0.199. The molecule has 54 heavy (non-hydrogen) atoms. The van der Waals surface area contributed by atoms with E-state index < -0.39 is 10.8 Å². The standard InChI is InChI=1S/C44H52N4O6/c1-6-25-14-24-19-43(41(49)52-4)39-28(12-13-47(20-24)40(25)43)29-15-30(36(51-3)18-35(29)46-39)31-16-33-26(7-2)21-48-23-54-22-44(33,42(50)53-5)37(48)17-32-27-10-8-9-11-34(27)45-38(31)32/h7-11,15,18,24-25,31,33,37,40,45-46H,6,12-14,16-17,19-23H2,1-5H3/t24-,25+,31-,33-,37+,40+,43-,44-/m1/s1. The van der Waals surface area contributed by atoms with Gasteiger partial charge in [-0.25, -0.2) is 0 Å². The maximum absolute atomic E-state index is 14.3. The maximum Gasteiger partial charge on any atom is 0.319 e. The summed E-state index contributed by atoms with van der Waals surface area (Å²) in [5.41, 5.74) is 7.50. The van der Waals surface area contributed by atoms with Crippen molar-refractivity contribution < 1.29 is 28.5 Å². The minimum absolute atomic E-state index is 0.0673. The predicted octanol–water partition coefficient (Wildman–Crippen LogP) is 6.22. The van der Waals surface area contributed by atoms with Gasteiger partial charge in [-0.3, -0.25) is 19.4 Å². The van der Waals surface area contributed by atoms with Gasteiger partial charge in [-0.05, 0) is 74.1 Å². The van der Waals surface area contributed by atoms with E-state index in [4.69, 9.17) is 18.9 Å². The molecule has 284 valence electrons. The first-order valence-corrected chi connectivity index (χ1v) is 20.0. The number of methoxy groups -OCH3 is 3. The van der Waals surface area contributed by atoms with Crippen molar-refractivity contribution in [1.82, 2.24) is 19.8 Å². The molecule has 2 aromatic carbocycles. The molecule has 5 fully saturated rings. The predicted molar refractivity (Wildman–Crippen MR) is 206 cm³/mol. The Morgan fingerprint density at radius 2 is 1.83 bits per heavy atom. The van der Waals surface area contributed by atoms with E-state index in [0.29, 0.717) is 38.0 Å². The molecule has 4 saturated heterocycles. The Morgan fingerprint density at radius 3 is 2.61 bits per heavy atom. The highest BCUT2D eigenvalue weighted by Gasteiger charge is 2.64. The number of benzene rings is 2. The van der Waals surface area contributed by atoms with Crippen molar-refractivity contribution in [1.29, 1.82) is 0 Å². The third-order valence-electron chi connectivity index (χ3n) is 15.0. The lowest BCUT2D eigenvalue weighted by atomic mass is 9.56. The molecule has 0 radical (unpaired) electrons. The minimum atomic E-state index is -0.863. The number of rotatable bonds is 5. The Kier molecular flexibility index (Phi) is 7.92. The molecule has 2 unspecified atom stereocenters. The second kappa shape index (κ2) is 12.4. The summed E-state index contributed by atoms with van der Waals surface area (Å²) in [5, 5.41) is 2.33. The molecule has 10 atom stereocenters. The van der Waals surface area contributed by atoms with Crippen LogP contribution in [-0.2, 0) is 42.1 Å². The van der Waals surface area contributed by atoms with Gasteiger partial charge in [-0.15, -0.1) is 0 Å². The zero-order valence-electron chi connectivity index (χ0n) is 32.1. The quantitative estimate of drug-likeness (QED) is 0.184. The van der Waals surface area contributed by atoms with Gasteiger partial charge in [0.05, 0.1) is 34.7 Å². The average molecular weight is 733 g/mol. The number of para-hydroxylation sites is 1. The van der Waals surface area contributed by atoms with Gasteiger partial charge in [0.1, 0.15) is 16.6 Å². The van der Waals surface area contributed by atoms with Crippen molar-refractivity contribution >= 4 is 33.7 Å². The first-order chi connectivity index (χ1) is 26.3. The van der Waals surface area contributed by atoms with Crippen LogP contribution in [0.5, 0.6) is 5.75 Å². The highest BCUT2D eigenvalue weighted by Crippen LogP contribution is 2.58. The Labute approximate surface area is 316 Å². The third-order valence-corrected chi connectivity index (χ3v) is 15.0. The van der Waals surface area contributed by atoms with Crippen molar-refractivity contribution in [2.45, 2.75) is 75.8 Å². The second-order valence-electron chi connectivity index (χ2n) is 17.0. The minimum Gasteiger partial charge on any atom is -0.496 e. The number of hydrogen-bond acceptors (Lipinski definition) is 8. The zero-order valence-corrected chi connectivity index (χ0v) is 32.1. The lowest BCUT2D eigenvalue weighted by Crippen LogP contribution is -2.68. The lowest BCUT2D eigenvalue weighted by Gasteiger charge is -2.57. The van der Waals surface area contributed by atoms with E-state index >= 15 is 0 Å². The van der Waals surface area contributed by atoms with Crippen LogP contribution in [0, 0.1) is 23.2 Å². The number of nitrogens with zero attached hydrogens (tertiary/aromatic N) is 2. The molecule has 5 aliphatic heterocycles. The van der Waals surface area contributed by atoms with E-state index in [9.17, 15) is 9.59 Å². The largest absolute Gasteiger partial charge is 0.496 e. The molecule has 10 nitrogen and oxygen atoms in total. The molecule has 1 saturated carbocycles. The van der Waals surface area contributed by atoms with Crippen LogP contribution in [-0.4, -0.2) is 98.1 Å². The zero-order chi connectivity index (χ0) is 37.1. The van der Waals surface area contributed by atoms with E-state index in [2.05, 4.69) is 76.1 Å². The van der Waals surface area contributed by atoms with Crippen LogP contribution in [0.15, 0.2) is 48.0 Å². The van der Waals surface area contributed by atoms with Crippen molar-refractivity contribution in [2.24, 2.45) is 23.2 Å². The van der Waals surface area contributed by atoms with Crippen molar-refractivity contribution in [2.75, 3.05) is 54.3 Å². The molecule has 2 aliphatic carbocycles. The summed E-state index contributed by atoms with van der Waals surface area (Å²) in [5.74, 6) is 1.14. The molecule has 2 aromatic heterocycles. The van der Waals surface area contributed by atoms with Crippen molar-refractivity contribution in [3.05, 3.63) is 76.1 Å². The number of carbonyl (C=O) groups is 2. The highest BCUT2D eigenvalue weighted by atomic mass is 16.5. The SMILES string of the molecule is CC=C1CN2COC[C@@]3(C(=O)OC)[C@@H]1C[C@H](c1cc4c5c([nH]c4cc1OC)[C@]1(C(=O)OC)C[C@H]4C[C@H](CC)[C@@H]1N(CC5)C4)c1[nH]c4ccccc4c1C[C@H]23. The summed E-state index contributed by atoms with van der Waals surface area (Å²) in [4.78, 5) is 41.3. The first kappa shape index (κ1) is 34.4. The van der Waals surface area contributed by atoms with Crippen molar-refractivity contribution in [3.8, 4) is 5.75 Å². The van der Waals surface area contributed by atoms with Gasteiger partial charge in [0.2, 0.25) is 0 Å². The molecule has 10 heteroatoms. The Bertz CT molecular complexity index is 2220. The van der Waals surface area contributed by atoms with E-state index in [-0.39, 0.29) is 35.9 Å². The second-order valence-corrected chi connectivity index (χ2v) is 17.0. The van der Waals surface area contributed by atoms with E-state index in [1.165, 1.54) is 41.3 Å². The average Bonchev–Trinajstić information content (AvgIpc) is 3.72. The Morgan fingerprint density at radius 1 is 1.00 bits per heavy atom. The molecule has 0 spiro atoms. The van der Waals surface area contributed by atoms with Gasteiger partial charge in [-0.1, -0.05) is 43.2 Å². The Balaban J connectivity index is 1.21. The van der Waals surface area contributed by atoms with Gasteiger partial charge >= 0.3 is 11.9 Å². The molecule has 2 N–H and O–H groups in total. The van der Waals surface area contributed by atoms with E-state index in [1.807, 2.05) is 0 Å². The number of esters is 2. The first-order valence-electron chi connectivity index (χ1n) is 20.0. The molecule has 11 rings (SSSR count). The number of carbonyl (C=O) groups excluding carboxylic acids is 2. The van der Waals surface area contributed by atoms with Crippen LogP contribution in [0.3, 0.4) is 0 Å². The van der Waals surface area contributed by atoms with Crippen LogP contribution in [0.25, 0.3) is 21.8 Å². The number of H-pyrrole nitrogens is 2. The molecule has 7 heterocycles. The fourth-order valence-electron chi connectivity index (χ4n) is 12.9. The number of hydrogen-bond donors (Lipinski definition) is 2. The molecule has 0 amide bonds. The number of nitrogens with one attached hydrogen (secondary N) is 2. The summed E-state index contributed by atoms with van der Waals surface area (Å²) < 4.78 is 24.1. The molecular formula is C44H52N4O6. The van der Waals surface area contributed by atoms with Crippen LogP contribution >= 0.6 is 0 Å². The maximum atomic E-state index is 14.3. The Hall–Kier alpha value is -4.12. The summed E-state index contributed by atoms with van der Waals surface area (Å²) in [6, 6.07) is 13.1. The van der Waals surface area contributed by atoms with Gasteiger partial charge < -0.3 is 28.9 Å². The molecular weight excluding hydrogens is 681 g/mol. The summed E-state index contributed by atoms with van der Waals surface area (Å²) in [7, 11) is 4.83. The smallest absolute Gasteiger partial charge is 0.319 e.